The maximum Gasteiger partial charge on any atom is 0.270 e. The third kappa shape index (κ3) is 3.07. The molecule has 5 nitrogen and oxygen atoms in total. The van der Waals surface area contributed by atoms with Gasteiger partial charge in [-0.05, 0) is 25.3 Å². The maximum atomic E-state index is 12.6. The number of hydrogen-bond acceptors (Lipinski definition) is 4. The minimum Gasteiger partial charge on any atom is -0.360 e. The first-order valence-electron chi connectivity index (χ1n) is 8.12. The molecule has 0 saturated heterocycles. The summed E-state index contributed by atoms with van der Waals surface area (Å²) in [6, 6.07) is 11.1. The largest absolute Gasteiger partial charge is 0.360 e. The summed E-state index contributed by atoms with van der Waals surface area (Å²) in [4.78, 5) is 21.7. The van der Waals surface area contributed by atoms with Gasteiger partial charge < -0.3 is 4.52 Å². The molecule has 0 fully saturated rings. The Hall–Kier alpha value is -2.56. The molecule has 124 valence electrons. The standard InChI is InChI=1S/C19H21N3O2/c1-11(2)17-19(23)21-18(14-8-6-5-7-9-14)16(13(4)20-17)15-10-12(3)22-24-15/h5-11,16-17H,1-4H3. The molecule has 2 heterocycles. The van der Waals surface area contributed by atoms with E-state index in [1.54, 1.807) is 0 Å². The Labute approximate surface area is 141 Å². The van der Waals surface area contributed by atoms with Gasteiger partial charge in [0.05, 0.1) is 11.4 Å². The van der Waals surface area contributed by atoms with Gasteiger partial charge in [-0.15, -0.1) is 0 Å². The van der Waals surface area contributed by atoms with E-state index in [4.69, 9.17) is 4.52 Å². The van der Waals surface area contributed by atoms with E-state index in [1.165, 1.54) is 0 Å². The van der Waals surface area contributed by atoms with E-state index in [0.717, 1.165) is 17.0 Å². The number of aliphatic imine (C=N–C) groups is 2. The van der Waals surface area contributed by atoms with Crippen molar-refractivity contribution in [2.75, 3.05) is 0 Å². The van der Waals surface area contributed by atoms with Crippen LogP contribution in [0.1, 0.15) is 43.7 Å². The van der Waals surface area contributed by atoms with Crippen LogP contribution in [0.5, 0.6) is 0 Å². The van der Waals surface area contributed by atoms with Crippen molar-refractivity contribution in [1.82, 2.24) is 5.16 Å². The maximum absolute atomic E-state index is 12.6. The predicted octanol–water partition coefficient (Wildman–Crippen LogP) is 3.58. The highest BCUT2D eigenvalue weighted by atomic mass is 16.5. The Morgan fingerprint density at radius 1 is 1.12 bits per heavy atom. The fraction of sp³-hybridized carbons (Fsp3) is 0.368. The number of benzene rings is 1. The molecule has 0 aliphatic carbocycles. The van der Waals surface area contributed by atoms with Gasteiger partial charge in [0.25, 0.3) is 5.91 Å². The Balaban J connectivity index is 2.19. The number of aromatic nitrogens is 1. The predicted molar refractivity (Wildman–Crippen MR) is 93.7 cm³/mol. The van der Waals surface area contributed by atoms with Gasteiger partial charge in [-0.2, -0.15) is 0 Å². The van der Waals surface area contributed by atoms with Crippen molar-refractivity contribution in [1.29, 1.82) is 0 Å². The number of aryl methyl sites for hydroxylation is 1. The highest BCUT2D eigenvalue weighted by Gasteiger charge is 2.33. The average Bonchev–Trinajstić information content (AvgIpc) is 2.92. The fourth-order valence-electron chi connectivity index (χ4n) is 2.93. The van der Waals surface area contributed by atoms with Crippen LogP contribution in [0.2, 0.25) is 0 Å². The lowest BCUT2D eigenvalue weighted by atomic mass is 9.90. The molecular formula is C19H21N3O2. The Bertz CT molecular complexity index is 803. The Morgan fingerprint density at radius 3 is 2.42 bits per heavy atom. The molecule has 5 heteroatoms. The van der Waals surface area contributed by atoms with Crippen LogP contribution in [0.25, 0.3) is 0 Å². The molecule has 1 aromatic heterocycles. The summed E-state index contributed by atoms with van der Waals surface area (Å²) in [5.41, 5.74) is 3.17. The molecule has 0 spiro atoms. The van der Waals surface area contributed by atoms with E-state index < -0.39 is 6.04 Å². The topological polar surface area (TPSA) is 67.8 Å². The fourth-order valence-corrected chi connectivity index (χ4v) is 2.93. The van der Waals surface area contributed by atoms with Gasteiger partial charge in [0.1, 0.15) is 12.0 Å². The van der Waals surface area contributed by atoms with Gasteiger partial charge in [-0.25, -0.2) is 4.99 Å². The SMILES string of the molecule is CC1=NC(C(C)C)C(=O)N=C(c2ccccc2)C1c1cc(C)no1. The minimum absolute atomic E-state index is 0.0865. The molecule has 1 aliphatic heterocycles. The first-order valence-corrected chi connectivity index (χ1v) is 8.12. The highest BCUT2D eigenvalue weighted by Crippen LogP contribution is 2.28. The zero-order chi connectivity index (χ0) is 17.3. The van der Waals surface area contributed by atoms with Crippen LogP contribution in [0.4, 0.5) is 0 Å². The number of rotatable bonds is 3. The van der Waals surface area contributed by atoms with Crippen molar-refractivity contribution in [2.45, 2.75) is 39.7 Å². The molecule has 24 heavy (non-hydrogen) atoms. The molecule has 0 saturated carbocycles. The summed E-state index contributed by atoms with van der Waals surface area (Å²) < 4.78 is 5.49. The third-order valence-corrected chi connectivity index (χ3v) is 4.15. The van der Waals surface area contributed by atoms with E-state index in [-0.39, 0.29) is 17.7 Å². The smallest absolute Gasteiger partial charge is 0.270 e. The number of carbonyl (C=O) groups excluding carboxylic acids is 1. The molecule has 0 bridgehead atoms. The van der Waals surface area contributed by atoms with Crippen molar-refractivity contribution < 1.29 is 9.32 Å². The molecule has 1 aliphatic rings. The molecular weight excluding hydrogens is 302 g/mol. The first kappa shape index (κ1) is 16.3. The molecule has 0 radical (unpaired) electrons. The lowest BCUT2D eigenvalue weighted by Gasteiger charge is -2.15. The van der Waals surface area contributed by atoms with Crippen LogP contribution in [-0.2, 0) is 4.79 Å². The molecule has 3 rings (SSSR count). The first-order chi connectivity index (χ1) is 11.5. The summed E-state index contributed by atoms with van der Waals surface area (Å²) >= 11 is 0. The summed E-state index contributed by atoms with van der Waals surface area (Å²) in [7, 11) is 0. The zero-order valence-electron chi connectivity index (χ0n) is 14.4. The van der Waals surface area contributed by atoms with Gasteiger partial charge >= 0.3 is 0 Å². The van der Waals surface area contributed by atoms with E-state index in [2.05, 4.69) is 15.1 Å². The van der Waals surface area contributed by atoms with Gasteiger partial charge in [-0.1, -0.05) is 49.3 Å². The Morgan fingerprint density at radius 2 is 1.83 bits per heavy atom. The van der Waals surface area contributed by atoms with Crippen LogP contribution < -0.4 is 0 Å². The molecule has 1 aromatic carbocycles. The van der Waals surface area contributed by atoms with Crippen LogP contribution in [-0.4, -0.2) is 28.5 Å². The molecule has 2 unspecified atom stereocenters. The van der Waals surface area contributed by atoms with E-state index in [0.29, 0.717) is 11.5 Å². The normalized spacial score (nSPS) is 21.5. The second-order valence-corrected chi connectivity index (χ2v) is 6.46. The van der Waals surface area contributed by atoms with E-state index in [9.17, 15) is 4.79 Å². The third-order valence-electron chi connectivity index (χ3n) is 4.15. The van der Waals surface area contributed by atoms with Crippen LogP contribution >= 0.6 is 0 Å². The lowest BCUT2D eigenvalue weighted by Crippen LogP contribution is -2.23. The quantitative estimate of drug-likeness (QED) is 0.867. The molecule has 1 amide bonds. The van der Waals surface area contributed by atoms with Crippen LogP contribution in [0, 0.1) is 12.8 Å². The van der Waals surface area contributed by atoms with Crippen LogP contribution in [0.3, 0.4) is 0 Å². The van der Waals surface area contributed by atoms with Crippen LogP contribution in [0.15, 0.2) is 50.9 Å². The van der Waals surface area contributed by atoms with Gasteiger partial charge in [0.2, 0.25) is 0 Å². The van der Waals surface area contributed by atoms with Gasteiger partial charge in [-0.3, -0.25) is 9.79 Å². The van der Waals surface area contributed by atoms with E-state index in [1.807, 2.05) is 64.1 Å². The van der Waals surface area contributed by atoms with E-state index >= 15 is 0 Å². The minimum atomic E-state index is -0.460. The van der Waals surface area contributed by atoms with Crippen molar-refractivity contribution in [3.63, 3.8) is 0 Å². The molecule has 2 atom stereocenters. The lowest BCUT2D eigenvalue weighted by molar-refractivity contribution is -0.119. The highest BCUT2D eigenvalue weighted by molar-refractivity contribution is 6.22. The van der Waals surface area contributed by atoms with Crippen molar-refractivity contribution in [3.05, 3.63) is 53.4 Å². The summed E-state index contributed by atoms with van der Waals surface area (Å²) in [5, 5.41) is 3.99. The second kappa shape index (κ2) is 6.51. The molecule has 0 N–H and O–H groups in total. The van der Waals surface area contributed by atoms with Crippen molar-refractivity contribution in [3.8, 4) is 0 Å². The number of carbonyl (C=O) groups is 1. The summed E-state index contributed by atoms with van der Waals surface area (Å²) in [6.45, 7) is 7.76. The van der Waals surface area contributed by atoms with Crippen molar-refractivity contribution >= 4 is 17.3 Å². The zero-order valence-corrected chi connectivity index (χ0v) is 14.4. The number of amides is 1. The summed E-state index contributed by atoms with van der Waals surface area (Å²) in [5.74, 6) is 0.236. The van der Waals surface area contributed by atoms with Gasteiger partial charge in [0.15, 0.2) is 5.76 Å². The second-order valence-electron chi connectivity index (χ2n) is 6.46. The monoisotopic (exact) mass is 323 g/mol. The Kier molecular flexibility index (Phi) is 4.42. The average molecular weight is 323 g/mol. The van der Waals surface area contributed by atoms with Crippen molar-refractivity contribution in [2.24, 2.45) is 15.9 Å². The number of nitrogens with zero attached hydrogens (tertiary/aromatic N) is 3. The number of hydrogen-bond donors (Lipinski definition) is 0. The summed E-state index contributed by atoms with van der Waals surface area (Å²) in [6.07, 6.45) is 0. The molecule has 2 aromatic rings. The van der Waals surface area contributed by atoms with Gasteiger partial charge in [0, 0.05) is 11.8 Å².